The van der Waals surface area contributed by atoms with E-state index in [1.54, 1.807) is 0 Å². The number of hydrogen-bond acceptors (Lipinski definition) is 2. The zero-order valence-electron chi connectivity index (χ0n) is 6.92. The predicted octanol–water partition coefficient (Wildman–Crippen LogP) is 1.59. The van der Waals surface area contributed by atoms with Crippen molar-refractivity contribution in [3.05, 3.63) is 32.9 Å². The van der Waals surface area contributed by atoms with Crippen LogP contribution in [0.2, 0.25) is 0 Å². The minimum Gasteiger partial charge on any atom is -0.394 e. The molecule has 0 aromatic heterocycles. The first-order valence-electron chi connectivity index (χ1n) is 3.78. The zero-order valence-corrected chi connectivity index (χ0v) is 9.08. The molecule has 0 heterocycles. The molecule has 1 aromatic rings. The van der Waals surface area contributed by atoms with Gasteiger partial charge in [0.05, 0.1) is 12.6 Å². The summed E-state index contributed by atoms with van der Waals surface area (Å²) < 4.78 is 1.15. The second kappa shape index (κ2) is 4.20. The predicted molar refractivity (Wildman–Crippen MR) is 57.9 cm³/mol. The van der Waals surface area contributed by atoms with Crippen molar-refractivity contribution in [1.82, 2.24) is 0 Å². The van der Waals surface area contributed by atoms with E-state index in [9.17, 15) is 0 Å². The van der Waals surface area contributed by atoms with Crippen LogP contribution in [-0.2, 0) is 0 Å². The van der Waals surface area contributed by atoms with Crippen molar-refractivity contribution in [2.75, 3.05) is 6.61 Å². The molecule has 3 N–H and O–H groups in total. The Bertz CT molecular complexity index is 275. The molecule has 0 spiro atoms. The van der Waals surface area contributed by atoms with E-state index in [2.05, 4.69) is 22.6 Å². The lowest BCUT2D eigenvalue weighted by molar-refractivity contribution is 0.267. The molecule has 2 nitrogen and oxygen atoms in total. The van der Waals surface area contributed by atoms with E-state index in [1.165, 1.54) is 5.56 Å². The Balaban J connectivity index is 3.07. The Hall–Kier alpha value is -0.130. The Labute approximate surface area is 85.9 Å². The topological polar surface area (TPSA) is 46.2 Å². The number of nitrogens with two attached hydrogens (primary N) is 1. The van der Waals surface area contributed by atoms with E-state index >= 15 is 0 Å². The van der Waals surface area contributed by atoms with Gasteiger partial charge in [-0.25, -0.2) is 0 Å². The van der Waals surface area contributed by atoms with Crippen molar-refractivity contribution in [2.24, 2.45) is 5.73 Å². The third kappa shape index (κ3) is 1.97. The zero-order chi connectivity index (χ0) is 9.14. The van der Waals surface area contributed by atoms with Gasteiger partial charge in [0.25, 0.3) is 0 Å². The lowest BCUT2D eigenvalue weighted by Gasteiger charge is -2.11. The second-order valence-corrected chi connectivity index (χ2v) is 3.85. The van der Waals surface area contributed by atoms with Crippen LogP contribution in [0.4, 0.5) is 0 Å². The van der Waals surface area contributed by atoms with Gasteiger partial charge >= 0.3 is 0 Å². The van der Waals surface area contributed by atoms with Gasteiger partial charge in [-0.3, -0.25) is 0 Å². The summed E-state index contributed by atoms with van der Waals surface area (Å²) in [5, 5.41) is 8.88. The highest BCUT2D eigenvalue weighted by molar-refractivity contribution is 14.1. The van der Waals surface area contributed by atoms with Crippen molar-refractivity contribution in [2.45, 2.75) is 13.0 Å². The maximum absolute atomic E-state index is 8.88. The molecule has 66 valence electrons. The van der Waals surface area contributed by atoms with E-state index in [-0.39, 0.29) is 12.6 Å². The standard InChI is InChI=1S/C9H12INO/c1-6-3-2-4-7(9(6)10)8(11)5-12/h2-4,8,12H,5,11H2,1H3. The fourth-order valence-corrected chi connectivity index (χ4v) is 1.81. The molecular weight excluding hydrogens is 265 g/mol. The molecule has 0 saturated heterocycles. The highest BCUT2D eigenvalue weighted by Crippen LogP contribution is 2.20. The first-order valence-corrected chi connectivity index (χ1v) is 4.86. The smallest absolute Gasteiger partial charge is 0.0624 e. The van der Waals surface area contributed by atoms with Gasteiger partial charge in [0.15, 0.2) is 0 Å². The van der Waals surface area contributed by atoms with Crippen molar-refractivity contribution >= 4 is 22.6 Å². The maximum atomic E-state index is 8.88. The average molecular weight is 277 g/mol. The summed E-state index contributed by atoms with van der Waals surface area (Å²) in [5.74, 6) is 0. The Morgan fingerprint density at radius 1 is 1.58 bits per heavy atom. The van der Waals surface area contributed by atoms with Crippen LogP contribution in [-0.4, -0.2) is 11.7 Å². The summed E-state index contributed by atoms with van der Waals surface area (Å²) in [7, 11) is 0. The van der Waals surface area contributed by atoms with E-state index in [0.29, 0.717) is 0 Å². The third-order valence-corrected chi connectivity index (χ3v) is 3.29. The summed E-state index contributed by atoms with van der Waals surface area (Å²) in [6.07, 6.45) is 0. The first-order chi connectivity index (χ1) is 5.66. The minimum atomic E-state index is -0.253. The third-order valence-electron chi connectivity index (χ3n) is 1.82. The van der Waals surface area contributed by atoms with Crippen LogP contribution >= 0.6 is 22.6 Å². The molecule has 0 radical (unpaired) electrons. The summed E-state index contributed by atoms with van der Waals surface area (Å²) in [5.41, 5.74) is 7.94. The molecule has 0 fully saturated rings. The Morgan fingerprint density at radius 2 is 2.25 bits per heavy atom. The quantitative estimate of drug-likeness (QED) is 0.806. The number of aryl methyl sites for hydroxylation is 1. The van der Waals surface area contributed by atoms with Gasteiger partial charge in [-0.1, -0.05) is 18.2 Å². The fourth-order valence-electron chi connectivity index (χ4n) is 1.05. The van der Waals surface area contributed by atoms with Crippen LogP contribution in [0, 0.1) is 10.5 Å². The van der Waals surface area contributed by atoms with Crippen LogP contribution in [0.15, 0.2) is 18.2 Å². The average Bonchev–Trinajstić information content (AvgIpc) is 2.08. The van der Waals surface area contributed by atoms with Crippen LogP contribution in [0.1, 0.15) is 17.2 Å². The molecule has 1 unspecified atom stereocenters. The van der Waals surface area contributed by atoms with Gasteiger partial charge in [-0.2, -0.15) is 0 Å². The SMILES string of the molecule is Cc1cccc(C(N)CO)c1I. The number of rotatable bonds is 2. The van der Waals surface area contributed by atoms with Gasteiger partial charge in [0.2, 0.25) is 0 Å². The Kier molecular flexibility index (Phi) is 3.49. The normalized spacial score (nSPS) is 13.0. The number of aliphatic hydroxyl groups excluding tert-OH is 1. The molecule has 1 atom stereocenters. The highest BCUT2D eigenvalue weighted by Gasteiger charge is 2.08. The minimum absolute atomic E-state index is 0.000541. The lowest BCUT2D eigenvalue weighted by atomic mass is 10.1. The van der Waals surface area contributed by atoms with Crippen molar-refractivity contribution in [1.29, 1.82) is 0 Å². The molecule has 0 amide bonds. The summed E-state index contributed by atoms with van der Waals surface area (Å²) in [6, 6.07) is 5.70. The van der Waals surface area contributed by atoms with Gasteiger partial charge in [-0.05, 0) is 40.6 Å². The fraction of sp³-hybridized carbons (Fsp3) is 0.333. The first kappa shape index (κ1) is 9.95. The molecule has 0 saturated carbocycles. The Morgan fingerprint density at radius 3 is 2.83 bits per heavy atom. The largest absolute Gasteiger partial charge is 0.394 e. The van der Waals surface area contributed by atoms with Crippen molar-refractivity contribution in [3.63, 3.8) is 0 Å². The number of hydrogen-bond donors (Lipinski definition) is 2. The summed E-state index contributed by atoms with van der Waals surface area (Å²) in [6.45, 7) is 2.04. The molecule has 12 heavy (non-hydrogen) atoms. The number of aliphatic hydroxyl groups is 1. The molecule has 1 rings (SSSR count). The van der Waals surface area contributed by atoms with Crippen LogP contribution in [0.25, 0.3) is 0 Å². The van der Waals surface area contributed by atoms with Crippen molar-refractivity contribution in [3.8, 4) is 0 Å². The van der Waals surface area contributed by atoms with Gasteiger partial charge in [0, 0.05) is 3.57 Å². The van der Waals surface area contributed by atoms with Gasteiger partial charge in [0.1, 0.15) is 0 Å². The van der Waals surface area contributed by atoms with Crippen LogP contribution in [0.3, 0.4) is 0 Å². The molecule has 0 bridgehead atoms. The summed E-state index contributed by atoms with van der Waals surface area (Å²) in [4.78, 5) is 0. The number of benzene rings is 1. The highest BCUT2D eigenvalue weighted by atomic mass is 127. The second-order valence-electron chi connectivity index (χ2n) is 2.77. The van der Waals surface area contributed by atoms with E-state index in [4.69, 9.17) is 10.8 Å². The van der Waals surface area contributed by atoms with E-state index in [0.717, 1.165) is 9.13 Å². The molecule has 0 aliphatic rings. The number of halogens is 1. The lowest BCUT2D eigenvalue weighted by Crippen LogP contribution is -2.16. The van der Waals surface area contributed by atoms with Gasteiger partial charge < -0.3 is 10.8 Å². The maximum Gasteiger partial charge on any atom is 0.0624 e. The van der Waals surface area contributed by atoms with E-state index < -0.39 is 0 Å². The van der Waals surface area contributed by atoms with Gasteiger partial charge in [-0.15, -0.1) is 0 Å². The molecular formula is C9H12INO. The molecule has 3 heteroatoms. The molecule has 0 aliphatic heterocycles. The van der Waals surface area contributed by atoms with E-state index in [1.807, 2.05) is 25.1 Å². The molecule has 0 aliphatic carbocycles. The van der Waals surface area contributed by atoms with Crippen molar-refractivity contribution < 1.29 is 5.11 Å². The monoisotopic (exact) mass is 277 g/mol. The van der Waals surface area contributed by atoms with Crippen LogP contribution in [0.5, 0.6) is 0 Å². The molecule has 1 aromatic carbocycles. The van der Waals surface area contributed by atoms with Crippen LogP contribution < -0.4 is 5.73 Å². The summed E-state index contributed by atoms with van der Waals surface area (Å²) >= 11 is 2.25.